The Bertz CT molecular complexity index is 910. The van der Waals surface area contributed by atoms with Gasteiger partial charge in [-0.1, -0.05) is 13.8 Å². The maximum atomic E-state index is 12.9. The molecule has 0 rings (SSSR count). The summed E-state index contributed by atoms with van der Waals surface area (Å²) in [7, 11) is -8.95. The van der Waals surface area contributed by atoms with Crippen molar-refractivity contribution in [2.75, 3.05) is 141 Å². The molecule has 0 aromatic carbocycles. The van der Waals surface area contributed by atoms with Gasteiger partial charge in [-0.15, -0.1) is 0 Å². The van der Waals surface area contributed by atoms with E-state index in [1.807, 2.05) is 0 Å². The van der Waals surface area contributed by atoms with Gasteiger partial charge in [-0.2, -0.15) is 0 Å². The maximum Gasteiger partial charge on any atom is 0.474 e. The van der Waals surface area contributed by atoms with E-state index in [0.29, 0.717) is 19.4 Å². The van der Waals surface area contributed by atoms with E-state index >= 15 is 0 Å². The Labute approximate surface area is 292 Å². The lowest BCUT2D eigenvalue weighted by molar-refractivity contribution is 0.0161. The third-order valence-electron chi connectivity index (χ3n) is 5.92. The summed E-state index contributed by atoms with van der Waals surface area (Å²) in [6.07, 6.45) is 1.99. The standard InChI is InChI=1S/C25H57NO18P4.CH4/c1-31-45(5,27)39-19-15-35-11-13-37-17-21-41-47(29,33-3)43-23-25(9-7-8-10-26)24-44-48(30,34-4)42-22-18-38-14-12-36-16-20-40-46(6,28)32-2;/h25H,7-24,26H2,1-6H3;1H4. The van der Waals surface area contributed by atoms with Crippen molar-refractivity contribution in [3.63, 3.8) is 0 Å². The quantitative estimate of drug-likeness (QED) is 0.0651. The number of phosphoric acid groups is 2. The van der Waals surface area contributed by atoms with Crippen molar-refractivity contribution in [3.8, 4) is 0 Å². The predicted molar refractivity (Wildman–Crippen MR) is 182 cm³/mol. The van der Waals surface area contributed by atoms with Crippen LogP contribution in [0.4, 0.5) is 0 Å². The minimum absolute atomic E-state index is 0. The van der Waals surface area contributed by atoms with Gasteiger partial charge in [0.1, 0.15) is 0 Å². The van der Waals surface area contributed by atoms with Crippen LogP contribution < -0.4 is 5.73 Å². The highest BCUT2D eigenvalue weighted by atomic mass is 31.2. The van der Waals surface area contributed by atoms with Crippen LogP contribution in [-0.2, 0) is 82.4 Å². The summed E-state index contributed by atoms with van der Waals surface area (Å²) in [5.74, 6) is -0.374. The molecule has 0 radical (unpaired) electrons. The maximum absolute atomic E-state index is 12.9. The van der Waals surface area contributed by atoms with E-state index < -0.39 is 30.8 Å². The molecule has 0 amide bonds. The van der Waals surface area contributed by atoms with Crippen molar-refractivity contribution in [1.29, 1.82) is 0 Å². The minimum atomic E-state index is -3.93. The molecule has 0 aromatic rings. The van der Waals surface area contributed by atoms with Crippen molar-refractivity contribution in [2.24, 2.45) is 11.7 Å². The highest BCUT2D eigenvalue weighted by Crippen LogP contribution is 2.51. The van der Waals surface area contributed by atoms with Crippen molar-refractivity contribution in [3.05, 3.63) is 0 Å². The molecule has 0 saturated carbocycles. The zero-order chi connectivity index (χ0) is 36.2. The van der Waals surface area contributed by atoms with E-state index in [1.54, 1.807) is 0 Å². The van der Waals surface area contributed by atoms with Crippen LogP contribution >= 0.6 is 30.8 Å². The lowest BCUT2D eigenvalue weighted by Gasteiger charge is -2.23. The van der Waals surface area contributed by atoms with Crippen LogP contribution in [0.1, 0.15) is 26.7 Å². The van der Waals surface area contributed by atoms with Gasteiger partial charge in [0.05, 0.1) is 92.5 Å². The van der Waals surface area contributed by atoms with Gasteiger partial charge in [0.15, 0.2) is 0 Å². The van der Waals surface area contributed by atoms with E-state index in [-0.39, 0.29) is 106 Å². The van der Waals surface area contributed by atoms with Crippen LogP contribution in [0.15, 0.2) is 0 Å². The molecule has 0 aliphatic carbocycles. The van der Waals surface area contributed by atoms with Crippen molar-refractivity contribution < 1.29 is 82.4 Å². The van der Waals surface area contributed by atoms with Gasteiger partial charge in [0.25, 0.3) is 0 Å². The highest BCUT2D eigenvalue weighted by molar-refractivity contribution is 7.53. The van der Waals surface area contributed by atoms with Crippen LogP contribution in [0.3, 0.4) is 0 Å². The second-order valence-corrected chi connectivity index (χ2v) is 17.6. The molecule has 19 nitrogen and oxygen atoms in total. The number of unbranched alkanes of at least 4 members (excludes halogenated alkanes) is 1. The summed E-state index contributed by atoms with van der Waals surface area (Å²) >= 11 is 0. The fourth-order valence-corrected chi connectivity index (χ4v) is 6.14. The third kappa shape index (κ3) is 29.5. The summed E-state index contributed by atoms with van der Waals surface area (Å²) in [4.78, 5) is 0. The Hall–Kier alpha value is 0.320. The van der Waals surface area contributed by atoms with E-state index in [0.717, 1.165) is 6.42 Å². The summed E-state index contributed by atoms with van der Waals surface area (Å²) in [5.41, 5.74) is 5.61. The molecule has 0 aromatic heterocycles. The fourth-order valence-electron chi connectivity index (χ4n) is 3.16. The van der Waals surface area contributed by atoms with Gasteiger partial charge in [0, 0.05) is 47.7 Å². The van der Waals surface area contributed by atoms with Gasteiger partial charge >= 0.3 is 30.8 Å². The molecule has 4 unspecified atom stereocenters. The van der Waals surface area contributed by atoms with Gasteiger partial charge < -0.3 is 42.8 Å². The summed E-state index contributed by atoms with van der Waals surface area (Å²) in [5, 5.41) is 0. The SMILES string of the molecule is C.COP(C)(=O)OCCOCCOCCOP(=O)(OC)OCC(CCCCN)COP(=O)(OC)OCCOCCOCCOP(C)(=O)OC. The number of hydrogen-bond donors (Lipinski definition) is 1. The smallest absolute Gasteiger partial charge is 0.377 e. The largest absolute Gasteiger partial charge is 0.474 e. The molecule has 2 N–H and O–H groups in total. The number of phosphoric ester groups is 2. The van der Waals surface area contributed by atoms with Crippen molar-refractivity contribution >= 4 is 30.8 Å². The van der Waals surface area contributed by atoms with Gasteiger partial charge in [-0.25, -0.2) is 9.13 Å². The second-order valence-electron chi connectivity index (χ2n) is 9.69. The Morgan fingerprint density at radius 2 is 0.796 bits per heavy atom. The minimum Gasteiger partial charge on any atom is -0.377 e. The van der Waals surface area contributed by atoms with Crippen LogP contribution in [0.2, 0.25) is 0 Å². The van der Waals surface area contributed by atoms with Gasteiger partial charge in [-0.3, -0.25) is 36.3 Å². The Morgan fingerprint density at radius 1 is 0.469 bits per heavy atom. The van der Waals surface area contributed by atoms with Gasteiger partial charge in [-0.05, 0) is 19.4 Å². The van der Waals surface area contributed by atoms with Crippen LogP contribution in [-0.4, -0.2) is 141 Å². The van der Waals surface area contributed by atoms with Crippen LogP contribution in [0.5, 0.6) is 0 Å². The average molecular weight is 800 g/mol. The molecule has 0 fully saturated rings. The van der Waals surface area contributed by atoms with Crippen molar-refractivity contribution in [2.45, 2.75) is 26.7 Å². The molecule has 4 atom stereocenters. The topological polar surface area (TPSA) is 224 Å². The summed E-state index contributed by atoms with van der Waals surface area (Å²) < 4.78 is 122. The zero-order valence-corrected chi connectivity index (χ0v) is 32.6. The Kier molecular flexibility index (Phi) is 32.3. The number of ether oxygens (including phenoxy) is 4. The first-order valence-electron chi connectivity index (χ1n) is 15.3. The Balaban J connectivity index is 0. The summed E-state index contributed by atoms with van der Waals surface area (Å²) in [6, 6.07) is 0. The van der Waals surface area contributed by atoms with Crippen molar-refractivity contribution in [1.82, 2.24) is 0 Å². The second kappa shape index (κ2) is 30.7. The highest BCUT2D eigenvalue weighted by Gasteiger charge is 2.30. The molecule has 0 aliphatic rings. The first-order chi connectivity index (χ1) is 22.8. The molecule has 0 heterocycles. The fraction of sp³-hybridized carbons (Fsp3) is 1.00. The zero-order valence-electron chi connectivity index (χ0n) is 29.0. The predicted octanol–water partition coefficient (Wildman–Crippen LogP) is 4.98. The molecule has 298 valence electrons. The number of hydrogen-bond acceptors (Lipinski definition) is 19. The summed E-state index contributed by atoms with van der Waals surface area (Å²) in [6.45, 7) is 4.63. The van der Waals surface area contributed by atoms with E-state index in [9.17, 15) is 18.3 Å². The Morgan fingerprint density at radius 3 is 1.10 bits per heavy atom. The normalized spacial score (nSPS) is 17.4. The van der Waals surface area contributed by atoms with Crippen LogP contribution in [0, 0.1) is 5.92 Å². The molecule has 23 heteroatoms. The molecule has 0 bridgehead atoms. The monoisotopic (exact) mass is 799 g/mol. The van der Waals surface area contributed by atoms with Gasteiger partial charge in [0.2, 0.25) is 0 Å². The molecular formula is C26H61NO18P4. The number of rotatable bonds is 36. The van der Waals surface area contributed by atoms with Crippen LogP contribution in [0.25, 0.3) is 0 Å². The third-order valence-corrected chi connectivity index (χ3v) is 11.4. The lowest BCUT2D eigenvalue weighted by Crippen LogP contribution is -2.18. The first-order valence-corrected chi connectivity index (χ1v) is 22.2. The molecule has 0 saturated heterocycles. The van der Waals surface area contributed by atoms with E-state index in [4.69, 9.17) is 69.9 Å². The first kappa shape index (κ1) is 51.4. The molecule has 0 aliphatic heterocycles. The van der Waals surface area contributed by atoms with E-state index in [1.165, 1.54) is 41.8 Å². The molecule has 0 spiro atoms. The number of nitrogens with two attached hydrogens (primary N) is 1. The molecule has 49 heavy (non-hydrogen) atoms. The lowest BCUT2D eigenvalue weighted by atomic mass is 10.0. The molecular weight excluding hydrogens is 738 g/mol. The average Bonchev–Trinajstić information content (AvgIpc) is 3.07. The van der Waals surface area contributed by atoms with E-state index in [2.05, 4.69) is 0 Å².